The molecule has 28 heavy (non-hydrogen) atoms. The fourth-order valence-corrected chi connectivity index (χ4v) is 3.22. The minimum Gasteiger partial charge on any atom is -0.457 e. The van der Waals surface area contributed by atoms with Crippen LogP contribution in [0.2, 0.25) is 0 Å². The predicted molar refractivity (Wildman–Crippen MR) is 106 cm³/mol. The van der Waals surface area contributed by atoms with Gasteiger partial charge in [0.2, 0.25) is 5.91 Å². The van der Waals surface area contributed by atoms with Crippen molar-refractivity contribution < 1.29 is 19.1 Å². The van der Waals surface area contributed by atoms with Crippen LogP contribution >= 0.6 is 0 Å². The molecular formula is C22H26N2O4. The average Bonchev–Trinajstić information content (AvgIpc) is 2.73. The number of ether oxygens (including phenoxy) is 2. The molecule has 3 rings (SSSR count). The summed E-state index contributed by atoms with van der Waals surface area (Å²) < 4.78 is 10.8. The van der Waals surface area contributed by atoms with Gasteiger partial charge in [0.1, 0.15) is 11.5 Å². The lowest BCUT2D eigenvalue weighted by molar-refractivity contribution is -0.126. The number of hydrogen-bond donors (Lipinski definition) is 1. The van der Waals surface area contributed by atoms with Gasteiger partial charge >= 0.3 is 6.09 Å². The molecule has 1 fully saturated rings. The van der Waals surface area contributed by atoms with Crippen molar-refractivity contribution in [2.24, 2.45) is 5.92 Å². The molecule has 0 aromatic heterocycles. The minimum atomic E-state index is -0.295. The summed E-state index contributed by atoms with van der Waals surface area (Å²) in [5, 5.41) is 3.00. The molecule has 6 nitrogen and oxygen atoms in total. The molecule has 1 saturated heterocycles. The van der Waals surface area contributed by atoms with Crippen molar-refractivity contribution in [3.8, 4) is 11.5 Å². The summed E-state index contributed by atoms with van der Waals surface area (Å²) in [5.74, 6) is 1.46. The highest BCUT2D eigenvalue weighted by Gasteiger charge is 2.27. The number of rotatable bonds is 6. The molecule has 1 aliphatic heterocycles. The zero-order chi connectivity index (χ0) is 19.8. The number of amides is 2. The first-order valence-corrected chi connectivity index (χ1v) is 9.67. The lowest BCUT2D eigenvalue weighted by Gasteiger charge is -2.30. The molecule has 0 spiro atoms. The summed E-state index contributed by atoms with van der Waals surface area (Å²) in [6, 6.07) is 17.3. The molecule has 1 aliphatic rings. The van der Waals surface area contributed by atoms with Crippen LogP contribution < -0.4 is 10.1 Å². The summed E-state index contributed by atoms with van der Waals surface area (Å²) in [6.45, 7) is 3.71. The molecule has 0 atom stereocenters. The molecule has 1 N–H and O–H groups in total. The van der Waals surface area contributed by atoms with Crippen molar-refractivity contribution in [3.05, 3.63) is 60.2 Å². The van der Waals surface area contributed by atoms with E-state index in [-0.39, 0.29) is 17.9 Å². The smallest absolute Gasteiger partial charge is 0.409 e. The lowest BCUT2D eigenvalue weighted by atomic mass is 9.96. The predicted octanol–water partition coefficient (Wildman–Crippen LogP) is 3.96. The molecule has 0 unspecified atom stereocenters. The van der Waals surface area contributed by atoms with Crippen molar-refractivity contribution >= 4 is 12.0 Å². The average molecular weight is 382 g/mol. The van der Waals surface area contributed by atoms with Gasteiger partial charge in [-0.1, -0.05) is 30.3 Å². The van der Waals surface area contributed by atoms with Gasteiger partial charge < -0.3 is 19.7 Å². The second-order valence-corrected chi connectivity index (χ2v) is 6.74. The van der Waals surface area contributed by atoms with Crippen molar-refractivity contribution in [2.75, 3.05) is 19.7 Å². The number of carbonyl (C=O) groups excluding carboxylic acids is 2. The third kappa shape index (κ3) is 5.49. The number of carbonyl (C=O) groups is 2. The number of para-hydroxylation sites is 1. The van der Waals surface area contributed by atoms with Crippen LogP contribution in [-0.4, -0.2) is 36.6 Å². The molecule has 1 heterocycles. The molecule has 2 amide bonds. The van der Waals surface area contributed by atoms with Gasteiger partial charge in [-0.25, -0.2) is 4.79 Å². The van der Waals surface area contributed by atoms with Crippen molar-refractivity contribution in [2.45, 2.75) is 26.3 Å². The highest BCUT2D eigenvalue weighted by Crippen LogP contribution is 2.22. The molecule has 6 heteroatoms. The Kier molecular flexibility index (Phi) is 6.89. The molecule has 2 aromatic carbocycles. The second kappa shape index (κ2) is 9.78. The largest absolute Gasteiger partial charge is 0.457 e. The van der Waals surface area contributed by atoms with Crippen LogP contribution in [0, 0.1) is 5.92 Å². The van der Waals surface area contributed by atoms with E-state index in [1.807, 2.05) is 54.6 Å². The van der Waals surface area contributed by atoms with Crippen LogP contribution in [0.5, 0.6) is 11.5 Å². The quantitative estimate of drug-likeness (QED) is 0.821. The van der Waals surface area contributed by atoms with Crippen LogP contribution in [0.3, 0.4) is 0 Å². The monoisotopic (exact) mass is 382 g/mol. The third-order valence-electron chi connectivity index (χ3n) is 4.74. The number of hydrogen-bond acceptors (Lipinski definition) is 4. The van der Waals surface area contributed by atoms with E-state index in [9.17, 15) is 9.59 Å². The van der Waals surface area contributed by atoms with Crippen LogP contribution in [0.4, 0.5) is 4.79 Å². The van der Waals surface area contributed by atoms with E-state index in [2.05, 4.69) is 5.32 Å². The Balaban J connectivity index is 1.47. The molecule has 0 radical (unpaired) electrons. The normalized spacial score (nSPS) is 14.4. The maximum Gasteiger partial charge on any atom is 0.409 e. The van der Waals surface area contributed by atoms with Gasteiger partial charge in [-0.3, -0.25) is 4.79 Å². The summed E-state index contributed by atoms with van der Waals surface area (Å²) >= 11 is 0. The van der Waals surface area contributed by atoms with Crippen LogP contribution in [-0.2, 0) is 16.1 Å². The number of likely N-dealkylation sites (tertiary alicyclic amines) is 1. The van der Waals surface area contributed by atoms with Crippen molar-refractivity contribution in [1.82, 2.24) is 10.2 Å². The first kappa shape index (κ1) is 19.7. The van der Waals surface area contributed by atoms with Gasteiger partial charge in [-0.15, -0.1) is 0 Å². The van der Waals surface area contributed by atoms with E-state index < -0.39 is 0 Å². The van der Waals surface area contributed by atoms with Gasteiger partial charge in [0.25, 0.3) is 0 Å². The van der Waals surface area contributed by atoms with E-state index >= 15 is 0 Å². The molecule has 0 aliphatic carbocycles. The van der Waals surface area contributed by atoms with Gasteiger partial charge in [0.15, 0.2) is 0 Å². The number of nitrogens with one attached hydrogen (secondary N) is 1. The summed E-state index contributed by atoms with van der Waals surface area (Å²) in [7, 11) is 0. The molecule has 2 aromatic rings. The van der Waals surface area contributed by atoms with E-state index in [0.29, 0.717) is 39.1 Å². The van der Waals surface area contributed by atoms with Gasteiger partial charge in [-0.05, 0) is 49.6 Å². The zero-order valence-corrected chi connectivity index (χ0v) is 16.1. The Morgan fingerprint density at radius 3 is 2.46 bits per heavy atom. The zero-order valence-electron chi connectivity index (χ0n) is 16.1. The number of benzene rings is 2. The highest BCUT2D eigenvalue weighted by molar-refractivity contribution is 5.79. The number of piperidine rings is 1. The minimum absolute atomic E-state index is 0.0258. The van der Waals surface area contributed by atoms with E-state index in [0.717, 1.165) is 17.1 Å². The van der Waals surface area contributed by atoms with Crippen LogP contribution in [0.25, 0.3) is 0 Å². The highest BCUT2D eigenvalue weighted by atomic mass is 16.6. The molecule has 0 saturated carbocycles. The van der Waals surface area contributed by atoms with E-state index in [1.54, 1.807) is 11.8 Å². The number of nitrogens with zero attached hydrogens (tertiary/aromatic N) is 1. The van der Waals surface area contributed by atoms with E-state index in [4.69, 9.17) is 9.47 Å². The lowest BCUT2D eigenvalue weighted by Crippen LogP contribution is -2.43. The SMILES string of the molecule is CCOC(=O)N1CCC(C(=O)NCc2cccc(Oc3ccccc3)c2)CC1. The fraction of sp³-hybridized carbons (Fsp3) is 0.364. The summed E-state index contributed by atoms with van der Waals surface area (Å²) in [5.41, 5.74) is 0.978. The van der Waals surface area contributed by atoms with Crippen LogP contribution in [0.1, 0.15) is 25.3 Å². The van der Waals surface area contributed by atoms with Gasteiger partial charge in [0.05, 0.1) is 6.61 Å². The topological polar surface area (TPSA) is 67.9 Å². The molecule has 0 bridgehead atoms. The summed E-state index contributed by atoms with van der Waals surface area (Å²) in [6.07, 6.45) is 1.01. The fourth-order valence-electron chi connectivity index (χ4n) is 3.22. The Bertz CT molecular complexity index is 786. The van der Waals surface area contributed by atoms with Crippen molar-refractivity contribution in [1.29, 1.82) is 0 Å². The molecular weight excluding hydrogens is 356 g/mol. The first-order chi connectivity index (χ1) is 13.7. The van der Waals surface area contributed by atoms with Gasteiger partial charge in [0, 0.05) is 25.6 Å². The Morgan fingerprint density at radius 1 is 1.04 bits per heavy atom. The first-order valence-electron chi connectivity index (χ1n) is 9.67. The standard InChI is InChI=1S/C22H26N2O4/c1-2-27-22(26)24-13-11-18(12-14-24)21(25)23-16-17-7-6-10-20(15-17)28-19-8-4-3-5-9-19/h3-10,15,18H,2,11-14,16H2,1H3,(H,23,25). The van der Waals surface area contributed by atoms with E-state index in [1.165, 1.54) is 0 Å². The second-order valence-electron chi connectivity index (χ2n) is 6.74. The van der Waals surface area contributed by atoms with Crippen LogP contribution in [0.15, 0.2) is 54.6 Å². The summed E-state index contributed by atoms with van der Waals surface area (Å²) in [4.78, 5) is 25.9. The maximum absolute atomic E-state index is 12.5. The van der Waals surface area contributed by atoms with Gasteiger partial charge in [-0.2, -0.15) is 0 Å². The third-order valence-corrected chi connectivity index (χ3v) is 4.74. The molecule has 148 valence electrons. The Morgan fingerprint density at radius 2 is 1.75 bits per heavy atom. The Hall–Kier alpha value is -3.02. The van der Waals surface area contributed by atoms with Crippen molar-refractivity contribution in [3.63, 3.8) is 0 Å². The maximum atomic E-state index is 12.5. The Labute approximate surface area is 165 Å².